The summed E-state index contributed by atoms with van der Waals surface area (Å²) in [4.78, 5) is 34.0. The van der Waals surface area contributed by atoms with Crippen molar-refractivity contribution in [1.29, 1.82) is 0 Å². The van der Waals surface area contributed by atoms with Crippen LogP contribution in [-0.2, 0) is 14.3 Å². The lowest BCUT2D eigenvalue weighted by Crippen LogP contribution is -2.63. The molecule has 2 aliphatic heterocycles. The first-order valence-corrected chi connectivity index (χ1v) is 6.22. The zero-order chi connectivity index (χ0) is 16.7. The largest absolute Gasteiger partial charge is 0.617 e. The first-order chi connectivity index (χ1) is 10.2. The molecule has 3 amide bonds. The number of quaternary nitrogens is 1. The van der Waals surface area contributed by atoms with Gasteiger partial charge in [0.1, 0.15) is 18.4 Å². The number of rotatable bonds is 4. The molecule has 11 heteroatoms. The number of aliphatic hydroxyl groups excluding tert-OH is 3. The normalized spacial score (nSPS) is 38.6. The summed E-state index contributed by atoms with van der Waals surface area (Å²) in [5, 5.41) is 51.4. The van der Waals surface area contributed by atoms with E-state index < -0.39 is 65.7 Å². The summed E-state index contributed by atoms with van der Waals surface area (Å²) in [7, 11) is 0. The van der Waals surface area contributed by atoms with E-state index >= 15 is 0 Å². The van der Waals surface area contributed by atoms with Crippen LogP contribution in [0.1, 0.15) is 6.42 Å². The predicted octanol–water partition coefficient (Wildman–Crippen LogP) is -2.65. The zero-order valence-corrected chi connectivity index (χ0v) is 11.1. The summed E-state index contributed by atoms with van der Waals surface area (Å²) in [5.41, 5.74) is -0.486. The van der Waals surface area contributed by atoms with E-state index in [-0.39, 0.29) is 0 Å². The second-order valence-electron chi connectivity index (χ2n) is 4.92. The van der Waals surface area contributed by atoms with Gasteiger partial charge in [0.05, 0.1) is 18.6 Å². The molecule has 2 rings (SSSR count). The molecule has 1 fully saturated rings. The summed E-state index contributed by atoms with van der Waals surface area (Å²) in [5.74, 6) is -2.44. The topological polar surface area (TPSA) is 176 Å². The maximum Gasteiger partial charge on any atom is 0.430 e. The van der Waals surface area contributed by atoms with E-state index in [1.54, 1.807) is 5.32 Å². The third-order valence-corrected chi connectivity index (χ3v) is 3.41. The Labute approximate surface area is 123 Å². The molecule has 0 saturated carbocycles. The van der Waals surface area contributed by atoms with Crippen LogP contribution in [0.5, 0.6) is 0 Å². The minimum atomic E-state index is -2.02. The van der Waals surface area contributed by atoms with Crippen molar-refractivity contribution < 1.29 is 44.2 Å². The lowest BCUT2D eigenvalue weighted by atomic mass is 10.1. The van der Waals surface area contributed by atoms with Crippen molar-refractivity contribution in [3.05, 3.63) is 17.0 Å². The number of hydrogen-bond donors (Lipinski definition) is 5. The standard InChI is InChI=1S/C11H14N2O9/c14-3-5-7(17)8(18)10(22-5)13(21)2-4(1-6(15)16)9(19)12-11(13)20/h2,5,7-8,10,14,17-18H,1,3H2,(H,15,16)(H,12,19,20)/t5-,7-,8-,10-,13?/m1/s1. The predicted molar refractivity (Wildman–Crippen MR) is 65.3 cm³/mol. The molecule has 5 atom stereocenters. The van der Waals surface area contributed by atoms with Crippen molar-refractivity contribution in [2.24, 2.45) is 0 Å². The number of nitrogens with zero attached hydrogens (tertiary/aromatic N) is 1. The number of hydroxylamine groups is 3. The molecule has 22 heavy (non-hydrogen) atoms. The Balaban J connectivity index is 2.38. The fraction of sp³-hybridized carbons (Fsp3) is 0.545. The number of carboxylic acids is 1. The monoisotopic (exact) mass is 318 g/mol. The molecular weight excluding hydrogens is 304 g/mol. The molecule has 0 aromatic rings. The smallest absolute Gasteiger partial charge is 0.430 e. The SMILES string of the molecule is O=C(O)CC1=C[N+]([O-])([C@@H]2O[C@H](CO)[C@@H](O)[C@H]2O)C(=O)NC1=O. The number of carbonyl (C=O) groups excluding carboxylic acids is 2. The maximum absolute atomic E-state index is 12.6. The minimum absolute atomic E-state index is 0.486. The van der Waals surface area contributed by atoms with Gasteiger partial charge in [-0.1, -0.05) is 0 Å². The van der Waals surface area contributed by atoms with E-state index in [0.717, 1.165) is 0 Å². The number of ether oxygens (including phenoxy) is 1. The van der Waals surface area contributed by atoms with Gasteiger partial charge in [-0.05, 0) is 0 Å². The quantitative estimate of drug-likeness (QED) is 0.273. The molecular formula is C11H14N2O9. The average Bonchev–Trinajstić information content (AvgIpc) is 2.72. The van der Waals surface area contributed by atoms with E-state index in [1.807, 2.05) is 0 Å². The number of urea groups is 1. The van der Waals surface area contributed by atoms with Crippen LogP contribution in [0.25, 0.3) is 0 Å². The van der Waals surface area contributed by atoms with Gasteiger partial charge in [0, 0.05) is 0 Å². The molecule has 0 aromatic carbocycles. The van der Waals surface area contributed by atoms with E-state index in [1.165, 1.54) is 0 Å². The Morgan fingerprint density at radius 2 is 2.00 bits per heavy atom. The molecule has 2 aliphatic rings. The number of hydrogen-bond acceptors (Lipinski definition) is 8. The van der Waals surface area contributed by atoms with Crippen LogP contribution >= 0.6 is 0 Å². The Morgan fingerprint density at radius 3 is 2.50 bits per heavy atom. The van der Waals surface area contributed by atoms with E-state index in [9.17, 15) is 29.8 Å². The summed E-state index contributed by atoms with van der Waals surface area (Å²) in [6.45, 7) is -0.707. The Morgan fingerprint density at radius 1 is 1.36 bits per heavy atom. The Hall–Kier alpha value is -1.89. The summed E-state index contributed by atoms with van der Waals surface area (Å²) < 4.78 is 2.96. The highest BCUT2D eigenvalue weighted by molar-refractivity contribution is 6.06. The van der Waals surface area contributed by atoms with Crippen molar-refractivity contribution in [2.45, 2.75) is 31.0 Å². The van der Waals surface area contributed by atoms with Gasteiger partial charge in [-0.15, -0.1) is 0 Å². The number of carbonyl (C=O) groups is 3. The van der Waals surface area contributed by atoms with Crippen molar-refractivity contribution in [3.8, 4) is 0 Å². The number of aliphatic carboxylic acids is 1. The van der Waals surface area contributed by atoms with Crippen molar-refractivity contribution in [3.63, 3.8) is 0 Å². The minimum Gasteiger partial charge on any atom is -0.617 e. The van der Waals surface area contributed by atoms with Crippen molar-refractivity contribution in [2.75, 3.05) is 6.61 Å². The molecule has 0 aliphatic carbocycles. The van der Waals surface area contributed by atoms with Crippen LogP contribution in [0.4, 0.5) is 4.79 Å². The summed E-state index contributed by atoms with van der Waals surface area (Å²) >= 11 is 0. The van der Waals surface area contributed by atoms with Gasteiger partial charge >= 0.3 is 12.0 Å². The summed E-state index contributed by atoms with van der Waals surface area (Å²) in [6, 6.07) is -1.39. The molecule has 0 bridgehead atoms. The second-order valence-corrected chi connectivity index (χ2v) is 4.92. The third-order valence-electron chi connectivity index (χ3n) is 3.41. The molecule has 1 unspecified atom stereocenters. The van der Waals surface area contributed by atoms with Crippen molar-refractivity contribution >= 4 is 17.9 Å². The number of nitrogens with one attached hydrogen (secondary N) is 1. The van der Waals surface area contributed by atoms with Gasteiger partial charge in [0.25, 0.3) is 5.91 Å². The van der Waals surface area contributed by atoms with Crippen LogP contribution in [0.2, 0.25) is 0 Å². The molecule has 5 N–H and O–H groups in total. The van der Waals surface area contributed by atoms with Gasteiger partial charge in [-0.3, -0.25) is 9.59 Å². The van der Waals surface area contributed by atoms with Crippen LogP contribution in [0.3, 0.4) is 0 Å². The molecule has 1 saturated heterocycles. The molecule has 0 radical (unpaired) electrons. The lowest BCUT2D eigenvalue weighted by molar-refractivity contribution is -0.808. The van der Waals surface area contributed by atoms with Gasteiger partial charge in [0.2, 0.25) is 6.23 Å². The molecule has 0 aromatic heterocycles. The fourth-order valence-electron chi connectivity index (χ4n) is 2.29. The van der Waals surface area contributed by atoms with Gasteiger partial charge in [-0.25, -0.2) is 14.8 Å². The van der Waals surface area contributed by atoms with Gasteiger partial charge in [-0.2, -0.15) is 0 Å². The highest BCUT2D eigenvalue weighted by atomic mass is 16.7. The number of imide groups is 1. The molecule has 2 heterocycles. The van der Waals surface area contributed by atoms with E-state index in [0.29, 0.717) is 6.20 Å². The molecule has 11 nitrogen and oxygen atoms in total. The van der Waals surface area contributed by atoms with E-state index in [4.69, 9.17) is 14.9 Å². The van der Waals surface area contributed by atoms with Crippen LogP contribution in [-0.4, -0.2) is 74.1 Å². The maximum atomic E-state index is 12.6. The third kappa shape index (κ3) is 2.61. The zero-order valence-electron chi connectivity index (χ0n) is 11.1. The Kier molecular flexibility index (Phi) is 4.28. The first kappa shape index (κ1) is 16.5. The van der Waals surface area contributed by atoms with E-state index in [2.05, 4.69) is 0 Å². The second kappa shape index (κ2) is 5.72. The van der Waals surface area contributed by atoms with Crippen LogP contribution < -0.4 is 5.32 Å². The summed E-state index contributed by atoms with van der Waals surface area (Å²) in [6.07, 6.45) is -6.84. The highest BCUT2D eigenvalue weighted by Crippen LogP contribution is 2.32. The Bertz CT molecular complexity index is 548. The number of amides is 3. The lowest BCUT2D eigenvalue weighted by Gasteiger charge is -2.42. The van der Waals surface area contributed by atoms with Crippen molar-refractivity contribution in [1.82, 2.24) is 5.32 Å². The number of carboxylic acid groups (broad SMARTS) is 1. The molecule has 0 spiro atoms. The van der Waals surface area contributed by atoms with Gasteiger partial charge < -0.3 is 30.4 Å². The molecule has 122 valence electrons. The fourth-order valence-corrected chi connectivity index (χ4v) is 2.29. The van der Waals surface area contributed by atoms with Gasteiger partial charge in [0.15, 0.2) is 6.10 Å². The van der Waals surface area contributed by atoms with Crippen LogP contribution in [0, 0.1) is 5.21 Å². The van der Waals surface area contributed by atoms with Crippen LogP contribution in [0.15, 0.2) is 11.8 Å². The highest BCUT2D eigenvalue weighted by Gasteiger charge is 2.54. The first-order valence-electron chi connectivity index (χ1n) is 6.22. The average molecular weight is 318 g/mol. The number of aliphatic hydroxyl groups is 3.